The van der Waals surface area contributed by atoms with Gasteiger partial charge in [0.2, 0.25) is 5.91 Å². The molecule has 1 aromatic heterocycles. The molecule has 0 atom stereocenters. The minimum Gasteiger partial charge on any atom is -0.495 e. The van der Waals surface area contributed by atoms with Crippen LogP contribution in [0.2, 0.25) is 5.02 Å². The Labute approximate surface area is 155 Å². The van der Waals surface area contributed by atoms with E-state index in [9.17, 15) is 4.79 Å². The monoisotopic (exact) mass is 372 g/mol. The molecular weight excluding hydrogens is 356 g/mol. The van der Waals surface area contributed by atoms with E-state index in [1.807, 2.05) is 36.4 Å². The first-order valence-electron chi connectivity index (χ1n) is 7.78. The normalized spacial score (nSPS) is 10.6. The third-order valence-corrected chi connectivity index (χ3v) is 4.75. The van der Waals surface area contributed by atoms with Gasteiger partial charge in [-0.25, -0.2) is 4.98 Å². The highest BCUT2D eigenvalue weighted by Gasteiger charge is 2.09. The summed E-state index contributed by atoms with van der Waals surface area (Å²) in [6.07, 6.45) is 0.370. The van der Waals surface area contributed by atoms with Gasteiger partial charge in [0.05, 0.1) is 23.3 Å². The number of thioether (sulfide) groups is 1. The second-order valence-corrected chi connectivity index (χ2v) is 6.89. The van der Waals surface area contributed by atoms with Crippen molar-refractivity contribution in [3.8, 4) is 5.75 Å². The van der Waals surface area contributed by atoms with Crippen molar-refractivity contribution in [1.29, 1.82) is 0 Å². The molecule has 0 bridgehead atoms. The van der Waals surface area contributed by atoms with Crippen LogP contribution in [-0.4, -0.2) is 23.8 Å². The Balaban J connectivity index is 1.56. The number of pyridine rings is 1. The van der Waals surface area contributed by atoms with Crippen LogP contribution in [0.25, 0.3) is 10.9 Å². The number of rotatable bonds is 6. The highest BCUT2D eigenvalue weighted by atomic mass is 35.5. The van der Waals surface area contributed by atoms with Gasteiger partial charge in [0.15, 0.2) is 0 Å². The molecule has 0 aliphatic rings. The molecule has 2 aromatic carbocycles. The van der Waals surface area contributed by atoms with Crippen molar-refractivity contribution in [2.75, 3.05) is 18.2 Å². The Morgan fingerprint density at radius 2 is 2.04 bits per heavy atom. The number of fused-ring (bicyclic) bond motifs is 1. The maximum Gasteiger partial charge on any atom is 0.225 e. The second-order valence-electron chi connectivity index (χ2n) is 5.33. The van der Waals surface area contributed by atoms with E-state index in [0.29, 0.717) is 28.6 Å². The summed E-state index contributed by atoms with van der Waals surface area (Å²) in [7, 11) is 1.56. The Morgan fingerprint density at radius 3 is 2.88 bits per heavy atom. The van der Waals surface area contributed by atoms with Gasteiger partial charge in [-0.3, -0.25) is 4.79 Å². The number of hydrogen-bond acceptors (Lipinski definition) is 4. The maximum absolute atomic E-state index is 12.2. The Kier molecular flexibility index (Phi) is 5.79. The van der Waals surface area contributed by atoms with Gasteiger partial charge in [0.1, 0.15) is 5.75 Å². The van der Waals surface area contributed by atoms with Crippen LogP contribution in [0.4, 0.5) is 5.69 Å². The minimum absolute atomic E-state index is 0.0890. The number of para-hydroxylation sites is 1. The summed E-state index contributed by atoms with van der Waals surface area (Å²) < 4.78 is 5.23. The van der Waals surface area contributed by atoms with Crippen LogP contribution in [0.3, 0.4) is 0 Å². The molecule has 0 unspecified atom stereocenters. The summed E-state index contributed by atoms with van der Waals surface area (Å²) in [5.41, 5.74) is 1.54. The van der Waals surface area contributed by atoms with E-state index in [4.69, 9.17) is 16.3 Å². The quantitative estimate of drug-likeness (QED) is 0.617. The minimum atomic E-state index is -0.0890. The number of carbonyl (C=O) groups is 1. The van der Waals surface area contributed by atoms with Crippen molar-refractivity contribution in [2.45, 2.75) is 11.4 Å². The Bertz CT molecular complexity index is 901. The number of nitrogens with zero attached hydrogens (tertiary/aromatic N) is 1. The van der Waals surface area contributed by atoms with Crippen LogP contribution in [0.5, 0.6) is 5.75 Å². The van der Waals surface area contributed by atoms with Crippen LogP contribution in [-0.2, 0) is 4.79 Å². The van der Waals surface area contributed by atoms with Crippen molar-refractivity contribution in [1.82, 2.24) is 4.98 Å². The summed E-state index contributed by atoms with van der Waals surface area (Å²) in [4.78, 5) is 16.7. The molecule has 0 saturated carbocycles. The predicted molar refractivity (Wildman–Crippen MR) is 104 cm³/mol. The zero-order valence-electron chi connectivity index (χ0n) is 13.7. The lowest BCUT2D eigenvalue weighted by Crippen LogP contribution is -2.13. The molecule has 1 N–H and O–H groups in total. The molecule has 0 spiro atoms. The average molecular weight is 373 g/mol. The van der Waals surface area contributed by atoms with E-state index < -0.39 is 0 Å². The number of hydrogen-bond donors (Lipinski definition) is 1. The van der Waals surface area contributed by atoms with Gasteiger partial charge in [-0.15, -0.1) is 11.8 Å². The topological polar surface area (TPSA) is 51.2 Å². The van der Waals surface area contributed by atoms with Gasteiger partial charge < -0.3 is 10.1 Å². The number of halogens is 1. The highest BCUT2D eigenvalue weighted by molar-refractivity contribution is 7.99. The molecule has 25 heavy (non-hydrogen) atoms. The average Bonchev–Trinajstić information content (AvgIpc) is 2.62. The second kappa shape index (κ2) is 8.23. The molecule has 0 aliphatic carbocycles. The zero-order chi connectivity index (χ0) is 17.6. The van der Waals surface area contributed by atoms with Crippen LogP contribution in [0, 0.1) is 0 Å². The molecule has 1 heterocycles. The van der Waals surface area contributed by atoms with Crippen LogP contribution in [0.15, 0.2) is 59.6 Å². The first kappa shape index (κ1) is 17.6. The third-order valence-electron chi connectivity index (χ3n) is 3.59. The number of nitrogens with one attached hydrogen (secondary N) is 1. The molecule has 4 nitrogen and oxygen atoms in total. The number of benzene rings is 2. The van der Waals surface area contributed by atoms with Crippen LogP contribution in [0.1, 0.15) is 6.42 Å². The van der Waals surface area contributed by atoms with Gasteiger partial charge in [-0.1, -0.05) is 35.9 Å². The fraction of sp³-hybridized carbons (Fsp3) is 0.158. The first-order chi connectivity index (χ1) is 12.2. The summed E-state index contributed by atoms with van der Waals surface area (Å²) in [6, 6.07) is 17.1. The van der Waals surface area contributed by atoms with Crippen molar-refractivity contribution >= 4 is 45.9 Å². The summed E-state index contributed by atoms with van der Waals surface area (Å²) in [6.45, 7) is 0. The zero-order valence-corrected chi connectivity index (χ0v) is 15.2. The number of methoxy groups -OCH3 is 1. The molecule has 0 aliphatic heterocycles. The van der Waals surface area contributed by atoms with E-state index in [0.717, 1.165) is 15.9 Å². The van der Waals surface area contributed by atoms with Crippen LogP contribution >= 0.6 is 23.4 Å². The highest BCUT2D eigenvalue weighted by Crippen LogP contribution is 2.28. The number of aromatic nitrogens is 1. The fourth-order valence-electron chi connectivity index (χ4n) is 2.37. The van der Waals surface area contributed by atoms with E-state index >= 15 is 0 Å². The molecule has 0 saturated heterocycles. The summed E-state index contributed by atoms with van der Waals surface area (Å²) in [5.74, 6) is 1.13. The molecular formula is C19H17ClN2O2S. The number of anilines is 1. The number of carbonyl (C=O) groups excluding carboxylic acids is 1. The molecule has 0 radical (unpaired) electrons. The van der Waals surface area contributed by atoms with Gasteiger partial charge in [-0.05, 0) is 30.3 Å². The SMILES string of the molecule is COc1ccc(Cl)cc1NC(=O)CCSc1ccc2ccccc2n1. The Hall–Kier alpha value is -2.24. The van der Waals surface area contributed by atoms with Crippen molar-refractivity contribution in [3.63, 3.8) is 0 Å². The van der Waals surface area contributed by atoms with Gasteiger partial charge >= 0.3 is 0 Å². The van der Waals surface area contributed by atoms with Crippen molar-refractivity contribution in [3.05, 3.63) is 59.6 Å². The van der Waals surface area contributed by atoms with E-state index in [1.54, 1.807) is 37.1 Å². The molecule has 3 aromatic rings. The largest absolute Gasteiger partial charge is 0.495 e. The predicted octanol–water partition coefficient (Wildman–Crippen LogP) is 5.02. The van der Waals surface area contributed by atoms with E-state index in [2.05, 4.69) is 10.3 Å². The molecule has 0 fully saturated rings. The molecule has 1 amide bonds. The van der Waals surface area contributed by atoms with E-state index in [-0.39, 0.29) is 5.91 Å². The van der Waals surface area contributed by atoms with Gasteiger partial charge in [0.25, 0.3) is 0 Å². The lowest BCUT2D eigenvalue weighted by atomic mass is 10.2. The molecule has 6 heteroatoms. The standard InChI is InChI=1S/C19H17ClN2O2S/c1-24-17-8-7-14(20)12-16(17)21-18(23)10-11-25-19-9-6-13-4-2-3-5-15(13)22-19/h2-9,12H,10-11H2,1H3,(H,21,23). The maximum atomic E-state index is 12.2. The van der Waals surface area contributed by atoms with Crippen molar-refractivity contribution < 1.29 is 9.53 Å². The summed E-state index contributed by atoms with van der Waals surface area (Å²) >= 11 is 7.53. The van der Waals surface area contributed by atoms with Gasteiger partial charge in [-0.2, -0.15) is 0 Å². The lowest BCUT2D eigenvalue weighted by Gasteiger charge is -2.10. The number of amides is 1. The molecule has 128 valence electrons. The molecule has 3 rings (SSSR count). The Morgan fingerprint density at radius 1 is 1.20 bits per heavy atom. The van der Waals surface area contributed by atoms with Crippen LogP contribution < -0.4 is 10.1 Å². The summed E-state index contributed by atoms with van der Waals surface area (Å²) in [5, 5.41) is 5.40. The van der Waals surface area contributed by atoms with Crippen molar-refractivity contribution in [2.24, 2.45) is 0 Å². The third kappa shape index (κ3) is 4.65. The first-order valence-corrected chi connectivity index (χ1v) is 9.14. The smallest absolute Gasteiger partial charge is 0.225 e. The van der Waals surface area contributed by atoms with E-state index in [1.165, 1.54) is 0 Å². The fourth-order valence-corrected chi connectivity index (χ4v) is 3.36. The number of ether oxygens (including phenoxy) is 1. The lowest BCUT2D eigenvalue weighted by molar-refractivity contribution is -0.115. The van der Waals surface area contributed by atoms with Gasteiger partial charge in [0, 0.05) is 22.6 Å².